The average Bonchev–Trinajstić information content (AvgIpc) is 3.31. The Balaban J connectivity index is 2.15. The van der Waals surface area contributed by atoms with Crippen LogP contribution in [-0.2, 0) is 14.3 Å². The maximum atomic E-state index is 13.2. The number of hydrogen-bond acceptors (Lipinski definition) is 7. The van der Waals surface area contributed by atoms with Crippen molar-refractivity contribution in [1.29, 1.82) is 0 Å². The first kappa shape index (κ1) is 28.3. The fourth-order valence-corrected chi connectivity index (χ4v) is 3.74. The monoisotopic (exact) mass is 541 g/mol. The van der Waals surface area contributed by atoms with Crippen molar-refractivity contribution in [3.63, 3.8) is 0 Å². The van der Waals surface area contributed by atoms with E-state index in [0.717, 1.165) is 0 Å². The molecular formula is C27H28ClN3O7. The van der Waals surface area contributed by atoms with Crippen LogP contribution in [0.5, 0.6) is 11.5 Å². The van der Waals surface area contributed by atoms with Gasteiger partial charge in [-0.2, -0.15) is 5.10 Å². The Morgan fingerprint density at radius 1 is 1.11 bits per heavy atom. The Kier molecular flexibility index (Phi) is 9.50. The molecule has 3 rings (SSSR count). The molecule has 0 fully saturated rings. The number of methoxy groups -OCH3 is 2. The van der Waals surface area contributed by atoms with Gasteiger partial charge in [0.25, 0.3) is 5.91 Å². The molecule has 0 spiro atoms. The number of halogens is 1. The van der Waals surface area contributed by atoms with Crippen LogP contribution in [0, 0.1) is 5.92 Å². The lowest BCUT2D eigenvalue weighted by Gasteiger charge is -2.16. The SMILES string of the molecule is COC(=O)COc1cccc(OC)c1-c1cc(C(=O)N/C(=C/C(C)C)CC(=O)O)nn1-c1ccc(Cl)cc1. The Bertz CT molecular complexity index is 1350. The third-order valence-corrected chi connectivity index (χ3v) is 5.45. The number of ether oxygens (including phenoxy) is 3. The summed E-state index contributed by atoms with van der Waals surface area (Å²) < 4.78 is 17.5. The summed E-state index contributed by atoms with van der Waals surface area (Å²) in [5.41, 5.74) is 1.70. The lowest BCUT2D eigenvalue weighted by Crippen LogP contribution is -2.25. The molecule has 0 unspecified atom stereocenters. The molecule has 11 heteroatoms. The number of carboxylic acid groups (broad SMARTS) is 1. The van der Waals surface area contributed by atoms with E-state index in [1.165, 1.54) is 25.0 Å². The van der Waals surface area contributed by atoms with E-state index >= 15 is 0 Å². The zero-order valence-corrected chi connectivity index (χ0v) is 22.1. The summed E-state index contributed by atoms with van der Waals surface area (Å²) in [7, 11) is 2.74. The van der Waals surface area contributed by atoms with E-state index in [1.807, 2.05) is 13.8 Å². The molecule has 38 heavy (non-hydrogen) atoms. The number of hydrogen-bond donors (Lipinski definition) is 2. The topological polar surface area (TPSA) is 129 Å². The number of benzene rings is 2. The van der Waals surface area contributed by atoms with Gasteiger partial charge in [0.15, 0.2) is 12.3 Å². The molecule has 200 valence electrons. The van der Waals surface area contributed by atoms with Gasteiger partial charge in [0, 0.05) is 10.7 Å². The minimum absolute atomic E-state index is 0.00920. The number of carbonyl (C=O) groups is 3. The smallest absolute Gasteiger partial charge is 0.343 e. The molecule has 0 saturated heterocycles. The van der Waals surface area contributed by atoms with Crippen molar-refractivity contribution >= 4 is 29.4 Å². The molecule has 0 aliphatic rings. The Hall–Kier alpha value is -4.31. The molecule has 0 bridgehead atoms. The number of nitrogens with zero attached hydrogens (tertiary/aromatic N) is 2. The van der Waals surface area contributed by atoms with E-state index in [9.17, 15) is 19.5 Å². The molecule has 0 saturated carbocycles. The number of amides is 1. The molecule has 0 atom stereocenters. The molecule has 3 aromatic rings. The summed E-state index contributed by atoms with van der Waals surface area (Å²) >= 11 is 6.08. The summed E-state index contributed by atoms with van der Waals surface area (Å²) in [6.07, 6.45) is 1.31. The number of rotatable bonds is 11. The Morgan fingerprint density at radius 3 is 2.39 bits per heavy atom. The minimum atomic E-state index is -1.08. The highest BCUT2D eigenvalue weighted by Gasteiger charge is 2.24. The maximum absolute atomic E-state index is 13.2. The summed E-state index contributed by atoms with van der Waals surface area (Å²) in [5, 5.41) is 16.9. The average molecular weight is 542 g/mol. The van der Waals surface area contributed by atoms with E-state index in [-0.39, 0.29) is 30.3 Å². The number of allylic oxidation sites excluding steroid dienone is 1. The molecule has 10 nitrogen and oxygen atoms in total. The van der Waals surface area contributed by atoms with Crippen LogP contribution in [-0.4, -0.2) is 53.6 Å². The molecule has 2 aromatic carbocycles. The first-order valence-electron chi connectivity index (χ1n) is 11.6. The van der Waals surface area contributed by atoms with Crippen molar-refractivity contribution in [2.75, 3.05) is 20.8 Å². The van der Waals surface area contributed by atoms with E-state index in [2.05, 4.69) is 15.2 Å². The van der Waals surface area contributed by atoms with Crippen molar-refractivity contribution in [2.45, 2.75) is 20.3 Å². The van der Waals surface area contributed by atoms with Crippen molar-refractivity contribution in [3.05, 3.63) is 71.0 Å². The van der Waals surface area contributed by atoms with Gasteiger partial charge >= 0.3 is 11.9 Å². The summed E-state index contributed by atoms with van der Waals surface area (Å²) in [6, 6.07) is 13.4. The second-order valence-electron chi connectivity index (χ2n) is 8.46. The lowest BCUT2D eigenvalue weighted by atomic mass is 10.1. The zero-order valence-electron chi connectivity index (χ0n) is 21.4. The highest BCUT2D eigenvalue weighted by molar-refractivity contribution is 6.30. The van der Waals surface area contributed by atoms with Gasteiger partial charge in [0.1, 0.15) is 11.5 Å². The number of aliphatic carboxylic acids is 1. The van der Waals surface area contributed by atoms with Crippen LogP contribution in [0.1, 0.15) is 30.8 Å². The van der Waals surface area contributed by atoms with E-state index in [1.54, 1.807) is 48.5 Å². The van der Waals surface area contributed by atoms with Crippen molar-refractivity contribution < 1.29 is 33.7 Å². The van der Waals surface area contributed by atoms with Gasteiger partial charge < -0.3 is 24.6 Å². The van der Waals surface area contributed by atoms with Crippen LogP contribution in [0.15, 0.2) is 60.3 Å². The fraction of sp³-hybridized carbons (Fsp3) is 0.259. The number of nitrogens with one attached hydrogen (secondary N) is 1. The third kappa shape index (κ3) is 7.13. The van der Waals surface area contributed by atoms with Gasteiger partial charge in [-0.05, 0) is 48.4 Å². The molecule has 2 N–H and O–H groups in total. The Labute approximate surface area is 224 Å². The van der Waals surface area contributed by atoms with Gasteiger partial charge in [-0.15, -0.1) is 0 Å². The standard InChI is InChI=1S/C27H28ClN3O7/c1-16(2)12-18(13-24(32)33)29-27(35)20-14-21(31(30-20)19-10-8-17(28)9-11-19)26-22(36-3)6-5-7-23(26)38-15-25(34)37-4/h5-12,14,16H,13,15H2,1-4H3,(H,29,35)(H,32,33)/b18-12+. The highest BCUT2D eigenvalue weighted by atomic mass is 35.5. The van der Waals surface area contributed by atoms with Gasteiger partial charge in [-0.1, -0.05) is 37.6 Å². The van der Waals surface area contributed by atoms with E-state index < -0.39 is 17.8 Å². The highest BCUT2D eigenvalue weighted by Crippen LogP contribution is 2.40. The van der Waals surface area contributed by atoms with Crippen LogP contribution >= 0.6 is 11.6 Å². The zero-order chi connectivity index (χ0) is 27.8. The molecule has 0 radical (unpaired) electrons. The summed E-state index contributed by atoms with van der Waals surface area (Å²) in [4.78, 5) is 36.3. The predicted octanol–water partition coefficient (Wildman–Crippen LogP) is 4.50. The van der Waals surface area contributed by atoms with Crippen molar-refractivity contribution in [3.8, 4) is 28.4 Å². The van der Waals surface area contributed by atoms with Crippen LogP contribution in [0.2, 0.25) is 5.02 Å². The van der Waals surface area contributed by atoms with E-state index in [4.69, 9.17) is 21.1 Å². The van der Waals surface area contributed by atoms with Crippen LogP contribution in [0.3, 0.4) is 0 Å². The third-order valence-electron chi connectivity index (χ3n) is 5.20. The Morgan fingerprint density at radius 2 is 1.79 bits per heavy atom. The van der Waals surface area contributed by atoms with Gasteiger partial charge in [0.2, 0.25) is 0 Å². The van der Waals surface area contributed by atoms with Gasteiger partial charge in [-0.25, -0.2) is 9.48 Å². The van der Waals surface area contributed by atoms with Crippen molar-refractivity contribution in [2.24, 2.45) is 5.92 Å². The molecule has 1 heterocycles. The number of carboxylic acids is 1. The molecule has 1 amide bonds. The first-order valence-corrected chi connectivity index (χ1v) is 12.0. The first-order chi connectivity index (χ1) is 18.1. The molecule has 1 aromatic heterocycles. The quantitative estimate of drug-likeness (QED) is 0.339. The summed E-state index contributed by atoms with van der Waals surface area (Å²) in [5.74, 6) is -1.54. The molecular weight excluding hydrogens is 514 g/mol. The fourth-order valence-electron chi connectivity index (χ4n) is 3.62. The molecule has 0 aliphatic heterocycles. The number of carbonyl (C=O) groups excluding carboxylic acids is 2. The lowest BCUT2D eigenvalue weighted by molar-refractivity contribution is -0.143. The summed E-state index contributed by atoms with van der Waals surface area (Å²) in [6.45, 7) is 3.40. The van der Waals surface area contributed by atoms with Crippen LogP contribution in [0.4, 0.5) is 0 Å². The number of esters is 1. The number of aromatic nitrogens is 2. The predicted molar refractivity (Wildman–Crippen MR) is 141 cm³/mol. The second-order valence-corrected chi connectivity index (χ2v) is 8.90. The largest absolute Gasteiger partial charge is 0.496 e. The normalized spacial score (nSPS) is 11.3. The van der Waals surface area contributed by atoms with Crippen LogP contribution in [0.25, 0.3) is 16.9 Å². The van der Waals surface area contributed by atoms with Gasteiger partial charge in [0.05, 0.1) is 37.6 Å². The van der Waals surface area contributed by atoms with E-state index in [0.29, 0.717) is 33.5 Å². The van der Waals surface area contributed by atoms with Gasteiger partial charge in [-0.3, -0.25) is 9.59 Å². The molecule has 0 aliphatic carbocycles. The maximum Gasteiger partial charge on any atom is 0.343 e. The second kappa shape index (κ2) is 12.8. The van der Waals surface area contributed by atoms with Crippen molar-refractivity contribution in [1.82, 2.24) is 15.1 Å². The minimum Gasteiger partial charge on any atom is -0.496 e. The van der Waals surface area contributed by atoms with Crippen LogP contribution < -0.4 is 14.8 Å².